The number of hydrogen-bond acceptors (Lipinski definition) is 4. The number of rotatable bonds is 7. The number of ether oxygens (including phenoxy) is 1. The number of nitrogens with one attached hydrogen (secondary N) is 1. The van der Waals surface area contributed by atoms with Crippen molar-refractivity contribution in [1.82, 2.24) is 15.1 Å². The van der Waals surface area contributed by atoms with Crippen LogP contribution in [0.25, 0.3) is 0 Å². The lowest BCUT2D eigenvalue weighted by Gasteiger charge is -2.26. The van der Waals surface area contributed by atoms with Gasteiger partial charge >= 0.3 is 6.09 Å². The molecule has 6 heteroatoms. The SMILES string of the molecule is CCCC(=O)NCCCCN1CCCN(C(=O)OC(C)(C)C)CC1. The van der Waals surface area contributed by atoms with Crippen LogP contribution in [0.4, 0.5) is 4.79 Å². The Labute approximate surface area is 146 Å². The standard InChI is InChI=1S/C18H35N3O3/c1-5-9-16(22)19-10-6-7-11-20-12-8-13-21(15-14-20)17(23)24-18(2,3)4/h5-15H2,1-4H3,(H,19,22). The van der Waals surface area contributed by atoms with E-state index in [9.17, 15) is 9.59 Å². The van der Waals surface area contributed by atoms with Crippen LogP contribution in [-0.4, -0.2) is 66.7 Å². The molecule has 1 fully saturated rings. The van der Waals surface area contributed by atoms with Gasteiger partial charge in [-0.1, -0.05) is 6.92 Å². The predicted octanol–water partition coefficient (Wildman–Crippen LogP) is 2.63. The molecule has 24 heavy (non-hydrogen) atoms. The molecular formula is C18H35N3O3. The molecule has 1 rings (SSSR count). The molecule has 1 N–H and O–H groups in total. The lowest BCUT2D eigenvalue weighted by atomic mass is 10.2. The minimum absolute atomic E-state index is 0.153. The van der Waals surface area contributed by atoms with E-state index in [1.165, 1.54) is 0 Å². The summed E-state index contributed by atoms with van der Waals surface area (Å²) in [6, 6.07) is 0. The van der Waals surface area contributed by atoms with Gasteiger partial charge in [-0.25, -0.2) is 4.79 Å². The average molecular weight is 341 g/mol. The average Bonchev–Trinajstić information content (AvgIpc) is 2.71. The molecule has 0 aromatic heterocycles. The summed E-state index contributed by atoms with van der Waals surface area (Å²) in [6.45, 7) is 12.9. The van der Waals surface area contributed by atoms with Crippen LogP contribution in [0.1, 0.15) is 59.8 Å². The monoisotopic (exact) mass is 341 g/mol. The van der Waals surface area contributed by atoms with Crippen molar-refractivity contribution in [3.05, 3.63) is 0 Å². The summed E-state index contributed by atoms with van der Waals surface area (Å²) in [5, 5.41) is 2.95. The molecule has 0 radical (unpaired) electrons. The van der Waals surface area contributed by atoms with Crippen LogP contribution in [0, 0.1) is 0 Å². The quantitative estimate of drug-likeness (QED) is 0.723. The molecule has 1 saturated heterocycles. The predicted molar refractivity (Wildman–Crippen MR) is 96.0 cm³/mol. The molecule has 0 aliphatic carbocycles. The van der Waals surface area contributed by atoms with Gasteiger partial charge in [0.25, 0.3) is 0 Å². The fraction of sp³-hybridized carbons (Fsp3) is 0.889. The molecule has 1 heterocycles. The summed E-state index contributed by atoms with van der Waals surface area (Å²) in [5.74, 6) is 0.153. The molecule has 0 spiro atoms. The minimum Gasteiger partial charge on any atom is -0.444 e. The maximum Gasteiger partial charge on any atom is 0.410 e. The van der Waals surface area contributed by atoms with E-state index in [0.717, 1.165) is 65.0 Å². The number of carbonyl (C=O) groups excluding carboxylic acids is 2. The van der Waals surface area contributed by atoms with Gasteiger partial charge < -0.3 is 19.9 Å². The first-order valence-electron chi connectivity index (χ1n) is 9.29. The first-order chi connectivity index (χ1) is 11.3. The maximum absolute atomic E-state index is 12.1. The Balaban J connectivity index is 2.19. The highest BCUT2D eigenvalue weighted by Crippen LogP contribution is 2.12. The van der Waals surface area contributed by atoms with E-state index >= 15 is 0 Å². The molecule has 140 valence electrons. The van der Waals surface area contributed by atoms with E-state index in [4.69, 9.17) is 4.74 Å². The molecule has 0 bridgehead atoms. The van der Waals surface area contributed by atoms with Gasteiger partial charge in [-0.3, -0.25) is 4.79 Å². The first kappa shape index (κ1) is 20.7. The second kappa shape index (κ2) is 10.5. The van der Waals surface area contributed by atoms with Crippen LogP contribution in [0.2, 0.25) is 0 Å². The molecule has 0 saturated carbocycles. The second-order valence-corrected chi connectivity index (χ2v) is 7.47. The van der Waals surface area contributed by atoms with Gasteiger partial charge in [0, 0.05) is 32.6 Å². The van der Waals surface area contributed by atoms with Crippen LogP contribution in [-0.2, 0) is 9.53 Å². The zero-order valence-corrected chi connectivity index (χ0v) is 15.9. The van der Waals surface area contributed by atoms with Crippen molar-refractivity contribution in [2.45, 2.75) is 65.4 Å². The number of amides is 2. The van der Waals surface area contributed by atoms with Crippen LogP contribution < -0.4 is 5.32 Å². The van der Waals surface area contributed by atoms with Crippen molar-refractivity contribution in [3.63, 3.8) is 0 Å². The van der Waals surface area contributed by atoms with Crippen molar-refractivity contribution in [3.8, 4) is 0 Å². The molecule has 0 atom stereocenters. The lowest BCUT2D eigenvalue weighted by molar-refractivity contribution is -0.121. The Bertz CT molecular complexity index is 393. The molecular weight excluding hydrogens is 306 g/mol. The first-order valence-corrected chi connectivity index (χ1v) is 9.29. The molecule has 1 aliphatic heterocycles. The Morgan fingerprint density at radius 2 is 1.83 bits per heavy atom. The number of nitrogens with zero attached hydrogens (tertiary/aromatic N) is 2. The summed E-state index contributed by atoms with van der Waals surface area (Å²) < 4.78 is 5.45. The van der Waals surface area contributed by atoms with Crippen molar-refractivity contribution in [2.24, 2.45) is 0 Å². The third-order valence-electron chi connectivity index (χ3n) is 3.94. The van der Waals surface area contributed by atoms with E-state index in [1.54, 1.807) is 0 Å². The van der Waals surface area contributed by atoms with Crippen molar-refractivity contribution in [1.29, 1.82) is 0 Å². The van der Waals surface area contributed by atoms with E-state index in [-0.39, 0.29) is 12.0 Å². The maximum atomic E-state index is 12.1. The Hall–Kier alpha value is -1.30. The van der Waals surface area contributed by atoms with E-state index < -0.39 is 5.60 Å². The summed E-state index contributed by atoms with van der Waals surface area (Å²) >= 11 is 0. The van der Waals surface area contributed by atoms with Crippen molar-refractivity contribution < 1.29 is 14.3 Å². The second-order valence-electron chi connectivity index (χ2n) is 7.47. The lowest BCUT2D eigenvalue weighted by Crippen LogP contribution is -2.39. The van der Waals surface area contributed by atoms with Crippen LogP contribution in [0.15, 0.2) is 0 Å². The Kier molecular flexibility index (Phi) is 9.11. The highest BCUT2D eigenvalue weighted by molar-refractivity contribution is 5.75. The van der Waals surface area contributed by atoms with Gasteiger partial charge in [-0.05, 0) is 59.5 Å². The van der Waals surface area contributed by atoms with Gasteiger partial charge in [-0.2, -0.15) is 0 Å². The van der Waals surface area contributed by atoms with E-state index in [2.05, 4.69) is 10.2 Å². The van der Waals surface area contributed by atoms with Crippen molar-refractivity contribution in [2.75, 3.05) is 39.3 Å². The number of carbonyl (C=O) groups is 2. The van der Waals surface area contributed by atoms with Crippen LogP contribution >= 0.6 is 0 Å². The van der Waals surface area contributed by atoms with Gasteiger partial charge in [0.1, 0.15) is 5.60 Å². The zero-order valence-electron chi connectivity index (χ0n) is 15.9. The molecule has 6 nitrogen and oxygen atoms in total. The van der Waals surface area contributed by atoms with Gasteiger partial charge in [-0.15, -0.1) is 0 Å². The molecule has 0 aromatic rings. The molecule has 2 amide bonds. The fourth-order valence-electron chi connectivity index (χ4n) is 2.71. The molecule has 0 aromatic carbocycles. The van der Waals surface area contributed by atoms with E-state index in [0.29, 0.717) is 6.42 Å². The largest absolute Gasteiger partial charge is 0.444 e. The van der Waals surface area contributed by atoms with E-state index in [1.807, 2.05) is 32.6 Å². The minimum atomic E-state index is -0.439. The highest BCUT2D eigenvalue weighted by Gasteiger charge is 2.24. The van der Waals surface area contributed by atoms with Crippen LogP contribution in [0.5, 0.6) is 0 Å². The van der Waals surface area contributed by atoms with Gasteiger partial charge in [0.05, 0.1) is 0 Å². The molecule has 0 unspecified atom stereocenters. The highest BCUT2D eigenvalue weighted by atomic mass is 16.6. The summed E-state index contributed by atoms with van der Waals surface area (Å²) in [5.41, 5.74) is -0.439. The van der Waals surface area contributed by atoms with Gasteiger partial charge in [0.15, 0.2) is 0 Å². The topological polar surface area (TPSA) is 61.9 Å². The number of unbranched alkanes of at least 4 members (excludes halogenated alkanes) is 1. The smallest absolute Gasteiger partial charge is 0.410 e. The fourth-order valence-corrected chi connectivity index (χ4v) is 2.71. The zero-order chi connectivity index (χ0) is 18.0. The van der Waals surface area contributed by atoms with Gasteiger partial charge in [0.2, 0.25) is 5.91 Å². The summed E-state index contributed by atoms with van der Waals surface area (Å²) in [6.07, 6.45) is 4.36. The number of hydrogen-bond donors (Lipinski definition) is 1. The summed E-state index contributed by atoms with van der Waals surface area (Å²) in [7, 11) is 0. The molecule has 1 aliphatic rings. The van der Waals surface area contributed by atoms with Crippen molar-refractivity contribution >= 4 is 12.0 Å². The Morgan fingerprint density at radius 3 is 2.50 bits per heavy atom. The normalized spacial score (nSPS) is 16.6. The third kappa shape index (κ3) is 9.11. The Morgan fingerprint density at radius 1 is 1.08 bits per heavy atom. The van der Waals surface area contributed by atoms with Crippen LogP contribution in [0.3, 0.4) is 0 Å². The third-order valence-corrected chi connectivity index (χ3v) is 3.94. The summed E-state index contributed by atoms with van der Waals surface area (Å²) in [4.78, 5) is 27.7.